The van der Waals surface area contributed by atoms with Crippen LogP contribution in [0.3, 0.4) is 0 Å². The van der Waals surface area contributed by atoms with E-state index < -0.39 is 0 Å². The molecule has 0 radical (unpaired) electrons. The zero-order valence-electron chi connectivity index (χ0n) is 27.3. The molecule has 2 aliphatic rings. The fraction of sp³-hybridized carbons (Fsp3) is 0.351. The third-order valence-electron chi connectivity index (χ3n) is 8.89. The van der Waals surface area contributed by atoms with E-state index in [0.717, 1.165) is 31.6 Å². The highest BCUT2D eigenvalue weighted by molar-refractivity contribution is 6.32. The van der Waals surface area contributed by atoms with Crippen LogP contribution in [0.5, 0.6) is 11.5 Å². The van der Waals surface area contributed by atoms with Crippen molar-refractivity contribution in [2.24, 2.45) is 5.92 Å². The first-order valence-electron chi connectivity index (χ1n) is 16.7. The van der Waals surface area contributed by atoms with Crippen LogP contribution in [0.25, 0.3) is 10.9 Å². The van der Waals surface area contributed by atoms with Crippen molar-refractivity contribution in [2.45, 2.75) is 38.7 Å². The Kier molecular flexibility index (Phi) is 11.2. The van der Waals surface area contributed by atoms with Crippen LogP contribution in [-0.2, 0) is 16.2 Å². The second kappa shape index (κ2) is 16.1. The number of piperidine rings is 2. The molecule has 2 fully saturated rings. The van der Waals surface area contributed by atoms with Crippen molar-refractivity contribution in [1.82, 2.24) is 19.8 Å². The minimum Gasteiger partial charge on any atom is -0.490 e. The number of carbonyl (C=O) groups is 2. The number of ether oxygens (including phenoxy) is 2. The number of carbonyl (C=O) groups excluding carboxylic acids is 2. The van der Waals surface area contributed by atoms with Crippen LogP contribution in [0.2, 0.25) is 5.02 Å². The summed E-state index contributed by atoms with van der Waals surface area (Å²) >= 11 is 6.57. The molecule has 0 bridgehead atoms. The number of hydrogen-bond acceptors (Lipinski definition) is 8. The summed E-state index contributed by atoms with van der Waals surface area (Å²) in [4.78, 5) is 38.9. The summed E-state index contributed by atoms with van der Waals surface area (Å²) in [6.45, 7) is 8.12. The van der Waals surface area contributed by atoms with Gasteiger partial charge in [0.2, 0.25) is 11.8 Å². The van der Waals surface area contributed by atoms with Crippen LogP contribution in [0.15, 0.2) is 73.6 Å². The minimum atomic E-state index is -0.370. The summed E-state index contributed by atoms with van der Waals surface area (Å²) in [5.74, 6) is 0.473. The summed E-state index contributed by atoms with van der Waals surface area (Å²) in [5.41, 5.74) is 2.62. The molecular formula is C37H40ClFN6O4. The fourth-order valence-corrected chi connectivity index (χ4v) is 6.43. The lowest BCUT2D eigenvalue weighted by Crippen LogP contribution is -2.43. The lowest BCUT2D eigenvalue weighted by molar-refractivity contribution is -0.130. The van der Waals surface area contributed by atoms with Gasteiger partial charge in [0.25, 0.3) is 0 Å². The monoisotopic (exact) mass is 686 g/mol. The number of benzene rings is 3. The van der Waals surface area contributed by atoms with E-state index in [1.165, 1.54) is 43.8 Å². The zero-order chi connectivity index (χ0) is 34.2. The topological polar surface area (TPSA) is 109 Å². The Labute approximate surface area is 290 Å². The predicted molar refractivity (Wildman–Crippen MR) is 189 cm³/mol. The average molecular weight is 687 g/mol. The van der Waals surface area contributed by atoms with E-state index in [1.807, 2.05) is 18.2 Å². The van der Waals surface area contributed by atoms with Crippen LogP contribution < -0.4 is 20.1 Å². The van der Waals surface area contributed by atoms with Gasteiger partial charge >= 0.3 is 0 Å². The Balaban J connectivity index is 1.22. The van der Waals surface area contributed by atoms with E-state index in [2.05, 4.69) is 32.1 Å². The largest absolute Gasteiger partial charge is 0.490 e. The lowest BCUT2D eigenvalue weighted by atomic mass is 9.97. The molecule has 2 amide bonds. The number of halogens is 2. The lowest BCUT2D eigenvalue weighted by Gasteiger charge is -2.31. The van der Waals surface area contributed by atoms with E-state index in [9.17, 15) is 14.0 Å². The van der Waals surface area contributed by atoms with Gasteiger partial charge in [-0.3, -0.25) is 14.5 Å². The number of amides is 2. The van der Waals surface area contributed by atoms with Crippen LogP contribution in [0.4, 0.5) is 21.6 Å². The van der Waals surface area contributed by atoms with Gasteiger partial charge in [-0.1, -0.05) is 36.7 Å². The number of hydrogen-bond donors (Lipinski definition) is 2. The average Bonchev–Trinajstić information content (AvgIpc) is 3.12. The quantitative estimate of drug-likeness (QED) is 0.154. The Bertz CT molecular complexity index is 1800. The van der Waals surface area contributed by atoms with Crippen molar-refractivity contribution in [2.75, 3.05) is 50.0 Å². The van der Waals surface area contributed by atoms with Crippen molar-refractivity contribution >= 4 is 51.5 Å². The van der Waals surface area contributed by atoms with Gasteiger partial charge < -0.3 is 25.0 Å². The summed E-state index contributed by atoms with van der Waals surface area (Å²) in [5, 5.41) is 7.47. The first-order valence-corrected chi connectivity index (χ1v) is 17.0. The number of nitrogens with one attached hydrogen (secondary N) is 2. The van der Waals surface area contributed by atoms with Crippen LogP contribution in [0, 0.1) is 11.7 Å². The van der Waals surface area contributed by atoms with E-state index in [0.29, 0.717) is 70.7 Å². The highest BCUT2D eigenvalue weighted by atomic mass is 35.5. The van der Waals surface area contributed by atoms with E-state index >= 15 is 0 Å². The molecule has 3 heterocycles. The van der Waals surface area contributed by atoms with Crippen LogP contribution in [0.1, 0.15) is 37.7 Å². The molecule has 1 atom stereocenters. The van der Waals surface area contributed by atoms with Crippen molar-refractivity contribution in [3.05, 3.63) is 90.0 Å². The molecule has 4 aromatic rings. The summed E-state index contributed by atoms with van der Waals surface area (Å²) in [7, 11) is 0. The maximum absolute atomic E-state index is 13.6. The molecule has 12 heteroatoms. The summed E-state index contributed by atoms with van der Waals surface area (Å²) in [6, 6.07) is 15.0. The van der Waals surface area contributed by atoms with Gasteiger partial charge in [0.05, 0.1) is 22.1 Å². The van der Waals surface area contributed by atoms with Crippen molar-refractivity contribution in [3.63, 3.8) is 0 Å². The highest BCUT2D eigenvalue weighted by Crippen LogP contribution is 2.35. The number of rotatable bonds is 12. The summed E-state index contributed by atoms with van der Waals surface area (Å²) < 4.78 is 25.4. The van der Waals surface area contributed by atoms with Crippen molar-refractivity contribution in [3.8, 4) is 11.5 Å². The SMILES string of the molecule is C=CC(=O)N1CCCC(C(=O)Nc2cc3c(Nc4ccc(OCc5ccc(F)cc5)c(Cl)c4)ncnc3cc2OCCN2CCCCC2)C1. The number of anilines is 3. The van der Waals surface area contributed by atoms with Gasteiger partial charge in [-0.05, 0) is 86.8 Å². The van der Waals surface area contributed by atoms with Crippen molar-refractivity contribution in [1.29, 1.82) is 0 Å². The minimum absolute atomic E-state index is 0.176. The highest BCUT2D eigenvalue weighted by Gasteiger charge is 2.28. The fourth-order valence-electron chi connectivity index (χ4n) is 6.20. The number of nitrogens with zero attached hydrogens (tertiary/aromatic N) is 4. The van der Waals surface area contributed by atoms with Gasteiger partial charge in [0, 0.05) is 36.8 Å². The number of aromatic nitrogens is 2. The van der Waals surface area contributed by atoms with E-state index in [4.69, 9.17) is 21.1 Å². The number of likely N-dealkylation sites (tertiary alicyclic amines) is 2. The molecule has 0 spiro atoms. The van der Waals surface area contributed by atoms with Gasteiger partial charge in [-0.15, -0.1) is 0 Å². The van der Waals surface area contributed by atoms with Gasteiger partial charge in [0.15, 0.2) is 0 Å². The Morgan fingerprint density at radius 1 is 0.980 bits per heavy atom. The molecular weight excluding hydrogens is 647 g/mol. The van der Waals surface area contributed by atoms with Crippen molar-refractivity contribution < 1.29 is 23.5 Å². The normalized spacial score (nSPS) is 16.6. The maximum Gasteiger partial charge on any atom is 0.245 e. The third kappa shape index (κ3) is 8.84. The molecule has 3 aromatic carbocycles. The molecule has 2 aliphatic heterocycles. The first-order chi connectivity index (χ1) is 23.9. The van der Waals surface area contributed by atoms with E-state index in [1.54, 1.807) is 29.2 Å². The Morgan fingerprint density at radius 2 is 1.80 bits per heavy atom. The van der Waals surface area contributed by atoms with E-state index in [-0.39, 0.29) is 30.2 Å². The second-order valence-electron chi connectivity index (χ2n) is 12.3. The van der Waals surface area contributed by atoms with Crippen LogP contribution >= 0.6 is 11.6 Å². The zero-order valence-corrected chi connectivity index (χ0v) is 28.1. The first kappa shape index (κ1) is 34.1. The molecule has 0 aliphatic carbocycles. The smallest absolute Gasteiger partial charge is 0.245 e. The molecule has 1 aromatic heterocycles. The predicted octanol–water partition coefficient (Wildman–Crippen LogP) is 6.97. The molecule has 2 saturated heterocycles. The molecule has 256 valence electrons. The third-order valence-corrected chi connectivity index (χ3v) is 9.18. The van der Waals surface area contributed by atoms with Crippen LogP contribution in [-0.4, -0.2) is 70.9 Å². The van der Waals surface area contributed by atoms with Gasteiger partial charge in [-0.25, -0.2) is 14.4 Å². The Morgan fingerprint density at radius 3 is 2.57 bits per heavy atom. The number of fused-ring (bicyclic) bond motifs is 1. The van der Waals surface area contributed by atoms with Gasteiger partial charge in [0.1, 0.15) is 42.7 Å². The molecule has 10 nitrogen and oxygen atoms in total. The molecule has 0 saturated carbocycles. The van der Waals surface area contributed by atoms with Gasteiger partial charge in [-0.2, -0.15) is 0 Å². The summed E-state index contributed by atoms with van der Waals surface area (Å²) in [6.07, 6.45) is 7.79. The Hall–Kier alpha value is -4.74. The molecule has 1 unspecified atom stereocenters. The molecule has 2 N–H and O–H groups in total. The molecule has 49 heavy (non-hydrogen) atoms. The maximum atomic E-state index is 13.6. The molecule has 6 rings (SSSR count). The second-order valence-corrected chi connectivity index (χ2v) is 12.7. The standard InChI is InChI=1S/C37H40ClFN6O4/c1-2-35(46)45-16-6-7-26(22-45)37(47)43-32-20-29-31(21-34(32)48-18-17-44-14-4-3-5-15-44)40-24-41-36(29)42-28-12-13-33(30(38)19-28)49-23-25-8-10-27(39)11-9-25/h2,8-13,19-21,24,26H,1,3-7,14-18,22-23H2,(H,43,47)(H,40,41,42).